The molecule has 0 radical (unpaired) electrons. The van der Waals surface area contributed by atoms with E-state index in [0.717, 1.165) is 5.69 Å². The Bertz CT molecular complexity index is 341. The third-order valence-electron chi connectivity index (χ3n) is 2.74. The van der Waals surface area contributed by atoms with Crippen molar-refractivity contribution in [2.24, 2.45) is 5.73 Å². The number of thioether (sulfide) groups is 1. The molecule has 2 rings (SSSR count). The third kappa shape index (κ3) is 2.75. The Morgan fingerprint density at radius 3 is 3.00 bits per heavy atom. The van der Waals surface area contributed by atoms with Gasteiger partial charge in [0.25, 0.3) is 0 Å². The van der Waals surface area contributed by atoms with Crippen LogP contribution in [0.2, 0.25) is 0 Å². The van der Waals surface area contributed by atoms with E-state index in [9.17, 15) is 0 Å². The number of rotatable bonds is 3. The molecule has 15 heavy (non-hydrogen) atoms. The number of nitrogens with one attached hydrogen (secondary N) is 1. The lowest BCUT2D eigenvalue weighted by atomic mass is 10.3. The lowest BCUT2D eigenvalue weighted by Gasteiger charge is -2.08. The first-order valence-corrected chi connectivity index (χ1v) is 6.25. The molecule has 1 aliphatic carbocycles. The third-order valence-corrected chi connectivity index (χ3v) is 3.49. The van der Waals surface area contributed by atoms with Crippen LogP contribution in [0.5, 0.6) is 0 Å². The van der Waals surface area contributed by atoms with Gasteiger partial charge < -0.3 is 5.73 Å². The molecule has 0 unspecified atom stereocenters. The Labute approximate surface area is 93.7 Å². The molecule has 0 atom stereocenters. The maximum absolute atomic E-state index is 7.12. The van der Waals surface area contributed by atoms with Crippen LogP contribution < -0.4 is 5.73 Å². The van der Waals surface area contributed by atoms with Crippen LogP contribution in [0.25, 0.3) is 0 Å². The van der Waals surface area contributed by atoms with Gasteiger partial charge in [0.1, 0.15) is 0 Å². The van der Waals surface area contributed by atoms with Gasteiger partial charge in [0.2, 0.25) is 0 Å². The molecule has 5 heteroatoms. The van der Waals surface area contributed by atoms with Crippen LogP contribution in [-0.2, 0) is 5.75 Å². The normalized spacial score (nSPS) is 17.1. The van der Waals surface area contributed by atoms with Crippen molar-refractivity contribution in [1.29, 1.82) is 5.41 Å². The van der Waals surface area contributed by atoms with E-state index in [1.54, 1.807) is 0 Å². The molecule has 0 amide bonds. The van der Waals surface area contributed by atoms with Gasteiger partial charge in [-0.1, -0.05) is 24.6 Å². The summed E-state index contributed by atoms with van der Waals surface area (Å²) in [6.07, 6.45) is 7.19. The highest BCUT2D eigenvalue weighted by molar-refractivity contribution is 8.13. The zero-order chi connectivity index (χ0) is 10.7. The summed E-state index contributed by atoms with van der Waals surface area (Å²) in [5, 5.41) is 11.8. The lowest BCUT2D eigenvalue weighted by Crippen LogP contribution is -2.06. The first kappa shape index (κ1) is 10.5. The van der Waals surface area contributed by atoms with Crippen molar-refractivity contribution >= 4 is 16.9 Å². The quantitative estimate of drug-likeness (QED) is 0.610. The Morgan fingerprint density at radius 1 is 1.60 bits per heavy atom. The maximum atomic E-state index is 7.12. The van der Waals surface area contributed by atoms with Gasteiger partial charge >= 0.3 is 0 Å². The fraction of sp³-hybridized carbons (Fsp3) is 0.600. The number of hydrogen-bond donors (Lipinski definition) is 2. The van der Waals surface area contributed by atoms with Gasteiger partial charge in [-0.15, -0.1) is 0 Å². The summed E-state index contributed by atoms with van der Waals surface area (Å²) in [5.41, 5.74) is 6.30. The number of amidine groups is 1. The Hall–Kier alpha value is -0.970. The van der Waals surface area contributed by atoms with E-state index in [1.807, 2.05) is 12.3 Å². The molecule has 0 spiro atoms. The average Bonchev–Trinajstić information content (AvgIpc) is 2.85. The van der Waals surface area contributed by atoms with Crippen LogP contribution in [0.15, 0.2) is 12.3 Å². The molecule has 0 saturated heterocycles. The van der Waals surface area contributed by atoms with Crippen molar-refractivity contribution in [3.8, 4) is 0 Å². The van der Waals surface area contributed by atoms with Gasteiger partial charge in [0, 0.05) is 11.9 Å². The number of hydrogen-bond acceptors (Lipinski definition) is 3. The highest BCUT2D eigenvalue weighted by Gasteiger charge is 2.17. The van der Waals surface area contributed by atoms with Gasteiger partial charge in [-0.25, -0.2) is 0 Å². The largest absolute Gasteiger partial charge is 0.379 e. The summed E-state index contributed by atoms with van der Waals surface area (Å²) in [6.45, 7) is 0. The molecule has 1 heterocycles. The second kappa shape index (κ2) is 4.70. The zero-order valence-corrected chi connectivity index (χ0v) is 9.46. The molecule has 3 N–H and O–H groups in total. The summed E-state index contributed by atoms with van der Waals surface area (Å²) in [6, 6.07) is 2.62. The predicted molar refractivity (Wildman–Crippen MR) is 62.9 cm³/mol. The van der Waals surface area contributed by atoms with Crippen molar-refractivity contribution in [3.63, 3.8) is 0 Å². The Kier molecular flexibility index (Phi) is 3.30. The van der Waals surface area contributed by atoms with Crippen molar-refractivity contribution in [2.75, 3.05) is 0 Å². The Balaban J connectivity index is 1.94. The van der Waals surface area contributed by atoms with Crippen molar-refractivity contribution < 1.29 is 0 Å². The van der Waals surface area contributed by atoms with E-state index in [2.05, 4.69) is 9.78 Å². The van der Waals surface area contributed by atoms with Gasteiger partial charge in [-0.2, -0.15) is 5.10 Å². The van der Waals surface area contributed by atoms with Gasteiger partial charge in [0.15, 0.2) is 5.17 Å². The molecule has 1 aromatic heterocycles. The molecule has 0 aromatic carbocycles. The van der Waals surface area contributed by atoms with Gasteiger partial charge in [-0.3, -0.25) is 10.1 Å². The van der Waals surface area contributed by atoms with Crippen LogP contribution >= 0.6 is 11.8 Å². The van der Waals surface area contributed by atoms with Crippen LogP contribution in [0.1, 0.15) is 37.4 Å². The minimum atomic E-state index is 0.158. The summed E-state index contributed by atoms with van der Waals surface area (Å²) < 4.78 is 2.07. The van der Waals surface area contributed by atoms with E-state index in [0.29, 0.717) is 11.8 Å². The Morgan fingerprint density at radius 2 is 2.33 bits per heavy atom. The standard InChI is InChI=1S/C10H16N4S/c11-10(12)15-7-8-5-6-14(13-8)9-3-1-2-4-9/h5-6,9H,1-4,7H2,(H3,11,12). The van der Waals surface area contributed by atoms with E-state index in [1.165, 1.54) is 37.4 Å². The topological polar surface area (TPSA) is 67.7 Å². The molecule has 0 bridgehead atoms. The highest BCUT2D eigenvalue weighted by Crippen LogP contribution is 2.28. The lowest BCUT2D eigenvalue weighted by molar-refractivity contribution is 0.464. The number of nitrogens with zero attached hydrogens (tertiary/aromatic N) is 2. The second-order valence-corrected chi connectivity index (χ2v) is 4.90. The average molecular weight is 224 g/mol. The summed E-state index contributed by atoms with van der Waals surface area (Å²) in [5.74, 6) is 0.703. The van der Waals surface area contributed by atoms with Crippen molar-refractivity contribution in [3.05, 3.63) is 18.0 Å². The molecule has 4 nitrogen and oxygen atoms in total. The molecule has 1 aliphatic rings. The molecular formula is C10H16N4S. The molecule has 1 saturated carbocycles. The fourth-order valence-corrected chi connectivity index (χ4v) is 2.44. The van der Waals surface area contributed by atoms with E-state index < -0.39 is 0 Å². The van der Waals surface area contributed by atoms with E-state index >= 15 is 0 Å². The van der Waals surface area contributed by atoms with Crippen LogP contribution in [0.3, 0.4) is 0 Å². The van der Waals surface area contributed by atoms with Gasteiger partial charge in [0.05, 0.1) is 11.7 Å². The highest BCUT2D eigenvalue weighted by atomic mass is 32.2. The molecule has 1 fully saturated rings. The van der Waals surface area contributed by atoms with Crippen molar-refractivity contribution in [2.45, 2.75) is 37.5 Å². The fourth-order valence-electron chi connectivity index (χ4n) is 1.98. The smallest absolute Gasteiger partial charge is 0.151 e. The predicted octanol–water partition coefficient (Wildman–Crippen LogP) is 2.12. The first-order valence-electron chi connectivity index (χ1n) is 5.26. The number of aromatic nitrogens is 2. The minimum absolute atomic E-state index is 0.158. The van der Waals surface area contributed by atoms with Crippen molar-refractivity contribution in [1.82, 2.24) is 9.78 Å². The molecule has 1 aromatic rings. The summed E-state index contributed by atoms with van der Waals surface area (Å²) in [4.78, 5) is 0. The van der Waals surface area contributed by atoms with Crippen LogP contribution in [0, 0.1) is 5.41 Å². The van der Waals surface area contributed by atoms with E-state index in [4.69, 9.17) is 11.1 Å². The molecule has 0 aliphatic heterocycles. The summed E-state index contributed by atoms with van der Waals surface area (Å²) in [7, 11) is 0. The maximum Gasteiger partial charge on any atom is 0.151 e. The molecular weight excluding hydrogens is 208 g/mol. The van der Waals surface area contributed by atoms with Crippen LogP contribution in [0.4, 0.5) is 0 Å². The zero-order valence-electron chi connectivity index (χ0n) is 8.65. The minimum Gasteiger partial charge on any atom is -0.379 e. The van der Waals surface area contributed by atoms with Crippen LogP contribution in [-0.4, -0.2) is 14.9 Å². The monoisotopic (exact) mass is 224 g/mol. The first-order chi connectivity index (χ1) is 7.25. The SMILES string of the molecule is N=C(N)SCc1ccn(C2CCCC2)n1. The van der Waals surface area contributed by atoms with E-state index in [-0.39, 0.29) is 5.17 Å². The second-order valence-electron chi connectivity index (χ2n) is 3.88. The molecule has 82 valence electrons. The number of nitrogens with two attached hydrogens (primary N) is 1. The summed E-state index contributed by atoms with van der Waals surface area (Å²) >= 11 is 1.33. The van der Waals surface area contributed by atoms with Gasteiger partial charge in [-0.05, 0) is 18.9 Å².